The smallest absolute Gasteiger partial charge is 0.234 e. The number of nitrogens with one attached hydrogen (secondary N) is 1. The molecule has 1 aromatic rings. The Bertz CT molecular complexity index is 490. The quantitative estimate of drug-likeness (QED) is 0.565. The number of nitrogens with zero attached hydrogens (tertiary/aromatic N) is 1. The van der Waals surface area contributed by atoms with E-state index in [2.05, 4.69) is 41.4 Å². The molecule has 5 heteroatoms. The Morgan fingerprint density at radius 3 is 2.87 bits per heavy atom. The van der Waals surface area contributed by atoms with E-state index in [1.54, 1.807) is 11.8 Å². The van der Waals surface area contributed by atoms with Crippen LogP contribution in [0.4, 0.5) is 0 Å². The van der Waals surface area contributed by atoms with Crippen LogP contribution in [0.2, 0.25) is 0 Å². The molecule has 0 bridgehead atoms. The largest absolute Gasteiger partial charge is 0.393 e. The average molecular weight is 337 g/mol. The molecule has 2 unspecified atom stereocenters. The number of rotatable bonds is 8. The Balaban J connectivity index is 1.64. The van der Waals surface area contributed by atoms with Crippen LogP contribution in [0.5, 0.6) is 0 Å². The molecule has 2 atom stereocenters. The first kappa shape index (κ1) is 18.3. The minimum atomic E-state index is -0.297. The van der Waals surface area contributed by atoms with Gasteiger partial charge in [-0.25, -0.2) is 0 Å². The van der Waals surface area contributed by atoms with Gasteiger partial charge >= 0.3 is 0 Å². The van der Waals surface area contributed by atoms with Crippen LogP contribution in [0.25, 0.3) is 0 Å². The number of aliphatic hydroxyl groups excluding tert-OH is 1. The lowest BCUT2D eigenvalue weighted by molar-refractivity contribution is -0.122. The number of carbonyl (C=O) groups excluding carboxylic acids is 1. The molecule has 1 saturated heterocycles. The molecule has 4 nitrogen and oxygen atoms in total. The number of benzene rings is 1. The number of thioether (sulfide) groups is 1. The predicted octanol–water partition coefficient (Wildman–Crippen LogP) is 2.44. The van der Waals surface area contributed by atoms with Crippen LogP contribution in [0.1, 0.15) is 31.7 Å². The number of amides is 1. The van der Waals surface area contributed by atoms with Crippen LogP contribution < -0.4 is 5.32 Å². The Labute approximate surface area is 143 Å². The molecule has 1 amide bonds. The average Bonchev–Trinajstić information content (AvgIpc) is 2.92. The lowest BCUT2D eigenvalue weighted by Gasteiger charge is -2.24. The summed E-state index contributed by atoms with van der Waals surface area (Å²) in [6, 6.07) is 8.80. The number of aliphatic hydroxyl groups is 1. The van der Waals surface area contributed by atoms with E-state index in [9.17, 15) is 9.90 Å². The second-order valence-corrected chi connectivity index (χ2v) is 7.53. The van der Waals surface area contributed by atoms with Crippen LogP contribution in [-0.4, -0.2) is 53.4 Å². The fraction of sp³-hybridized carbons (Fsp3) is 0.611. The van der Waals surface area contributed by atoms with Gasteiger partial charge in [-0.2, -0.15) is 0 Å². The van der Waals surface area contributed by atoms with E-state index in [1.165, 1.54) is 10.5 Å². The molecule has 0 aromatic heterocycles. The second-order valence-electron chi connectivity index (χ2n) is 6.36. The molecule has 0 aliphatic carbocycles. The monoisotopic (exact) mass is 336 g/mol. The summed E-state index contributed by atoms with van der Waals surface area (Å²) in [5, 5.41) is 12.5. The van der Waals surface area contributed by atoms with Crippen LogP contribution in [0.3, 0.4) is 0 Å². The highest BCUT2D eigenvalue weighted by Crippen LogP contribution is 2.21. The van der Waals surface area contributed by atoms with Crippen molar-refractivity contribution in [1.29, 1.82) is 0 Å². The molecule has 0 saturated carbocycles. The first-order valence-electron chi connectivity index (χ1n) is 8.43. The molecule has 1 aliphatic rings. The Hall–Kier alpha value is -1.04. The summed E-state index contributed by atoms with van der Waals surface area (Å²) in [6.07, 6.45) is 2.67. The third kappa shape index (κ3) is 6.53. The van der Waals surface area contributed by atoms with Gasteiger partial charge in [0.15, 0.2) is 0 Å². The van der Waals surface area contributed by atoms with Gasteiger partial charge in [-0.3, -0.25) is 9.69 Å². The van der Waals surface area contributed by atoms with Gasteiger partial charge in [0, 0.05) is 23.2 Å². The van der Waals surface area contributed by atoms with Gasteiger partial charge in [-0.05, 0) is 51.8 Å². The van der Waals surface area contributed by atoms with Crippen LogP contribution in [-0.2, 0) is 4.79 Å². The molecule has 2 N–H and O–H groups in total. The summed E-state index contributed by atoms with van der Waals surface area (Å²) in [5.41, 5.74) is 1.26. The Kier molecular flexibility index (Phi) is 7.40. The van der Waals surface area contributed by atoms with Crippen LogP contribution in [0, 0.1) is 6.92 Å². The minimum absolute atomic E-state index is 0.0898. The van der Waals surface area contributed by atoms with Gasteiger partial charge in [0.05, 0.1) is 12.6 Å². The van der Waals surface area contributed by atoms with Gasteiger partial charge in [0.1, 0.15) is 0 Å². The zero-order chi connectivity index (χ0) is 16.7. The molecule has 0 spiro atoms. The molecular weight excluding hydrogens is 308 g/mol. The minimum Gasteiger partial charge on any atom is -0.393 e. The van der Waals surface area contributed by atoms with E-state index in [1.807, 2.05) is 6.92 Å². The highest BCUT2D eigenvalue weighted by molar-refractivity contribution is 7.99. The number of hydrogen-bond donors (Lipinski definition) is 2. The van der Waals surface area contributed by atoms with Gasteiger partial charge in [0.25, 0.3) is 0 Å². The molecular formula is C18H28N2O2S. The van der Waals surface area contributed by atoms with Crippen molar-refractivity contribution in [2.45, 2.75) is 50.2 Å². The van der Waals surface area contributed by atoms with Crippen molar-refractivity contribution >= 4 is 17.7 Å². The Morgan fingerprint density at radius 2 is 2.17 bits per heavy atom. The molecule has 1 heterocycles. The summed E-state index contributed by atoms with van der Waals surface area (Å²) in [4.78, 5) is 15.5. The second kappa shape index (κ2) is 9.30. The summed E-state index contributed by atoms with van der Waals surface area (Å²) >= 11 is 1.76. The summed E-state index contributed by atoms with van der Waals surface area (Å²) in [7, 11) is 0. The molecule has 1 fully saturated rings. The molecule has 128 valence electrons. The number of aryl methyl sites for hydroxylation is 1. The fourth-order valence-corrected chi connectivity index (χ4v) is 3.77. The van der Waals surface area contributed by atoms with E-state index < -0.39 is 0 Å². The lowest BCUT2D eigenvalue weighted by atomic mass is 10.1. The zero-order valence-corrected chi connectivity index (χ0v) is 14.9. The van der Waals surface area contributed by atoms with Crippen molar-refractivity contribution in [3.05, 3.63) is 29.8 Å². The van der Waals surface area contributed by atoms with Gasteiger partial charge in [-0.1, -0.05) is 17.7 Å². The maximum Gasteiger partial charge on any atom is 0.234 e. The normalized spacial score (nSPS) is 19.7. The highest BCUT2D eigenvalue weighted by atomic mass is 32.2. The van der Waals surface area contributed by atoms with Crippen LogP contribution in [0.15, 0.2) is 29.2 Å². The number of likely N-dealkylation sites (tertiary alicyclic amines) is 1. The summed E-state index contributed by atoms with van der Waals surface area (Å²) < 4.78 is 0. The maximum atomic E-state index is 12.1. The third-order valence-corrected chi connectivity index (χ3v) is 5.19. The van der Waals surface area contributed by atoms with Crippen molar-refractivity contribution in [1.82, 2.24) is 10.2 Å². The zero-order valence-electron chi connectivity index (χ0n) is 14.1. The van der Waals surface area contributed by atoms with Crippen molar-refractivity contribution in [3.8, 4) is 0 Å². The number of hydrogen-bond acceptors (Lipinski definition) is 4. The van der Waals surface area contributed by atoms with E-state index in [-0.39, 0.29) is 12.0 Å². The fourth-order valence-electron chi connectivity index (χ4n) is 3.00. The molecule has 0 radical (unpaired) electrons. The number of carbonyl (C=O) groups is 1. The Morgan fingerprint density at radius 1 is 1.43 bits per heavy atom. The summed E-state index contributed by atoms with van der Waals surface area (Å²) in [6.45, 7) is 6.00. The van der Waals surface area contributed by atoms with E-state index in [0.29, 0.717) is 19.1 Å². The first-order chi connectivity index (χ1) is 11.0. The van der Waals surface area contributed by atoms with E-state index in [0.717, 1.165) is 31.6 Å². The predicted molar refractivity (Wildman–Crippen MR) is 95.8 cm³/mol. The highest BCUT2D eigenvalue weighted by Gasteiger charge is 2.26. The molecule has 23 heavy (non-hydrogen) atoms. The third-order valence-electron chi connectivity index (χ3n) is 4.17. The van der Waals surface area contributed by atoms with Crippen molar-refractivity contribution in [2.24, 2.45) is 0 Å². The van der Waals surface area contributed by atoms with Gasteiger partial charge in [-0.15, -0.1) is 11.8 Å². The van der Waals surface area contributed by atoms with Crippen LogP contribution >= 0.6 is 11.8 Å². The van der Waals surface area contributed by atoms with Gasteiger partial charge in [0.2, 0.25) is 5.91 Å². The van der Waals surface area contributed by atoms with Crippen molar-refractivity contribution < 1.29 is 9.90 Å². The standard InChI is InChI=1S/C18H28N2O2S/c1-14-5-7-17(8-6-14)23-11-9-19-18(22)13-20-10-3-4-16(20)12-15(2)21/h5-8,15-16,21H,3-4,9-13H2,1-2H3,(H,19,22). The maximum absolute atomic E-state index is 12.1. The van der Waals surface area contributed by atoms with E-state index >= 15 is 0 Å². The van der Waals surface area contributed by atoms with Crippen molar-refractivity contribution in [2.75, 3.05) is 25.4 Å². The summed E-state index contributed by atoms with van der Waals surface area (Å²) in [5.74, 6) is 0.971. The van der Waals surface area contributed by atoms with E-state index in [4.69, 9.17) is 0 Å². The first-order valence-corrected chi connectivity index (χ1v) is 9.41. The molecule has 1 aliphatic heterocycles. The van der Waals surface area contributed by atoms with Gasteiger partial charge < -0.3 is 10.4 Å². The van der Waals surface area contributed by atoms with Crippen molar-refractivity contribution in [3.63, 3.8) is 0 Å². The molecule has 2 rings (SSSR count). The molecule has 1 aromatic carbocycles. The SMILES string of the molecule is Cc1ccc(SCCNC(=O)CN2CCCC2CC(C)O)cc1. The lowest BCUT2D eigenvalue weighted by Crippen LogP contribution is -2.41. The topological polar surface area (TPSA) is 52.6 Å².